The average molecular weight is 301 g/mol. The molecule has 2 aliphatic rings. The van der Waals surface area contributed by atoms with Crippen LogP contribution in [0.2, 0.25) is 0 Å². The SMILES string of the molecule is C[P]1(C2CCCCCCCCCC2)C=Cc2ccccc21. The molecule has 0 nitrogen and oxygen atoms in total. The van der Waals surface area contributed by atoms with Gasteiger partial charge in [-0.1, -0.05) is 94.8 Å². The van der Waals surface area contributed by atoms with Crippen LogP contribution in [0.3, 0.4) is 0 Å². The Morgan fingerprint density at radius 2 is 1.38 bits per heavy atom. The lowest BCUT2D eigenvalue weighted by molar-refractivity contribution is 0.585. The molecule has 0 N–H and O–H groups in total. The summed E-state index contributed by atoms with van der Waals surface area (Å²) in [4.78, 5) is 0. The van der Waals surface area contributed by atoms with Crippen LogP contribution in [0.15, 0.2) is 30.1 Å². The van der Waals surface area contributed by atoms with E-state index < -0.39 is 7.26 Å². The van der Waals surface area contributed by atoms with Crippen molar-refractivity contribution in [1.29, 1.82) is 0 Å². The van der Waals surface area contributed by atoms with Gasteiger partial charge in [-0.2, -0.15) is 0 Å². The first-order valence-corrected chi connectivity index (χ1v) is 11.3. The van der Waals surface area contributed by atoms with Crippen LogP contribution >= 0.6 is 7.26 Å². The number of benzene rings is 1. The quantitative estimate of drug-likeness (QED) is 0.540. The van der Waals surface area contributed by atoms with Gasteiger partial charge >= 0.3 is 0 Å². The second-order valence-corrected chi connectivity index (χ2v) is 10.9. The van der Waals surface area contributed by atoms with Crippen LogP contribution in [-0.2, 0) is 0 Å². The van der Waals surface area contributed by atoms with Crippen molar-refractivity contribution in [3.05, 3.63) is 35.6 Å². The van der Waals surface area contributed by atoms with Crippen molar-refractivity contribution in [2.75, 3.05) is 6.66 Å². The smallest absolute Gasteiger partial charge is 0.0172 e. The fourth-order valence-corrected chi connectivity index (χ4v) is 8.02. The van der Waals surface area contributed by atoms with Crippen molar-refractivity contribution in [1.82, 2.24) is 0 Å². The van der Waals surface area contributed by atoms with Crippen LogP contribution in [0.25, 0.3) is 6.08 Å². The van der Waals surface area contributed by atoms with Gasteiger partial charge < -0.3 is 0 Å². The molecular formula is C20H30P. The molecule has 1 radical (unpaired) electrons. The molecular weight excluding hydrogens is 271 g/mol. The summed E-state index contributed by atoms with van der Waals surface area (Å²) < 4.78 is 0. The van der Waals surface area contributed by atoms with Crippen molar-refractivity contribution in [2.24, 2.45) is 0 Å². The summed E-state index contributed by atoms with van der Waals surface area (Å²) in [5, 5.41) is 1.69. The Morgan fingerprint density at radius 1 is 0.810 bits per heavy atom. The molecule has 0 amide bonds. The van der Waals surface area contributed by atoms with Crippen LogP contribution in [0.1, 0.15) is 69.8 Å². The van der Waals surface area contributed by atoms with E-state index in [-0.39, 0.29) is 0 Å². The van der Waals surface area contributed by atoms with Gasteiger partial charge in [0.05, 0.1) is 0 Å². The van der Waals surface area contributed by atoms with Gasteiger partial charge in [0.25, 0.3) is 0 Å². The van der Waals surface area contributed by atoms with E-state index in [9.17, 15) is 0 Å². The maximum atomic E-state index is 2.61. The molecule has 1 aromatic carbocycles. The van der Waals surface area contributed by atoms with Gasteiger partial charge in [-0.15, -0.1) is 0 Å². The van der Waals surface area contributed by atoms with Gasteiger partial charge in [0.15, 0.2) is 0 Å². The van der Waals surface area contributed by atoms with Crippen molar-refractivity contribution in [3.63, 3.8) is 0 Å². The molecule has 1 heterocycles. The second-order valence-electron chi connectivity index (χ2n) is 7.08. The van der Waals surface area contributed by atoms with Gasteiger partial charge in [-0.05, 0) is 36.0 Å². The second kappa shape index (κ2) is 7.10. The zero-order valence-corrected chi connectivity index (χ0v) is 14.5. The highest BCUT2D eigenvalue weighted by Crippen LogP contribution is 2.66. The topological polar surface area (TPSA) is 0 Å². The lowest BCUT2D eigenvalue weighted by Crippen LogP contribution is -2.20. The van der Waals surface area contributed by atoms with Crippen LogP contribution in [0.5, 0.6) is 0 Å². The molecule has 0 spiro atoms. The largest absolute Gasteiger partial charge is 0.0767 e. The Hall–Kier alpha value is -0.610. The monoisotopic (exact) mass is 301 g/mol. The molecule has 1 heteroatoms. The zero-order chi connectivity index (χ0) is 14.5. The maximum absolute atomic E-state index is 2.61. The molecule has 3 rings (SSSR count). The van der Waals surface area contributed by atoms with Crippen LogP contribution < -0.4 is 5.30 Å². The molecule has 1 unspecified atom stereocenters. The third-order valence-electron chi connectivity index (χ3n) is 5.60. The molecule has 1 saturated carbocycles. The molecule has 0 aromatic heterocycles. The summed E-state index contributed by atoms with van der Waals surface area (Å²) >= 11 is 0. The van der Waals surface area contributed by atoms with Crippen LogP contribution in [-0.4, -0.2) is 12.3 Å². The molecule has 0 bridgehead atoms. The molecule has 1 aliphatic carbocycles. The summed E-state index contributed by atoms with van der Waals surface area (Å²) in [6, 6.07) is 9.15. The Balaban J connectivity index is 1.77. The van der Waals surface area contributed by atoms with Crippen molar-refractivity contribution in [2.45, 2.75) is 69.9 Å². The van der Waals surface area contributed by atoms with E-state index in [1.807, 2.05) is 0 Å². The van der Waals surface area contributed by atoms with E-state index in [0.29, 0.717) is 0 Å². The minimum atomic E-state index is -1.06. The van der Waals surface area contributed by atoms with E-state index in [1.165, 1.54) is 69.8 Å². The van der Waals surface area contributed by atoms with E-state index in [1.54, 1.807) is 5.30 Å². The first kappa shape index (κ1) is 15.3. The summed E-state index contributed by atoms with van der Waals surface area (Å²) in [5.74, 6) is 2.61. The normalized spacial score (nSPS) is 28.0. The van der Waals surface area contributed by atoms with Gasteiger partial charge in [-0.3, -0.25) is 0 Å². The van der Waals surface area contributed by atoms with Gasteiger partial charge in [0.2, 0.25) is 0 Å². The van der Waals surface area contributed by atoms with Gasteiger partial charge in [0.1, 0.15) is 0 Å². The van der Waals surface area contributed by atoms with Gasteiger partial charge in [0, 0.05) is 0 Å². The van der Waals surface area contributed by atoms with E-state index in [4.69, 9.17) is 0 Å². The summed E-state index contributed by atoms with van der Waals surface area (Å²) in [5.41, 5.74) is 2.44. The highest BCUT2D eigenvalue weighted by Gasteiger charge is 2.34. The first-order chi connectivity index (χ1) is 10.3. The number of hydrogen-bond donors (Lipinski definition) is 0. The van der Waals surface area contributed by atoms with Crippen molar-refractivity contribution < 1.29 is 0 Å². The fraction of sp³-hybridized carbons (Fsp3) is 0.600. The molecule has 1 atom stereocenters. The summed E-state index contributed by atoms with van der Waals surface area (Å²) in [7, 11) is -1.06. The molecule has 1 fully saturated rings. The summed E-state index contributed by atoms with van der Waals surface area (Å²) in [6.45, 7) is 2.60. The minimum absolute atomic E-state index is 0.940. The van der Waals surface area contributed by atoms with Crippen molar-refractivity contribution >= 4 is 18.6 Å². The number of hydrogen-bond acceptors (Lipinski definition) is 0. The molecule has 0 saturated heterocycles. The average Bonchev–Trinajstić information content (AvgIpc) is 2.82. The number of rotatable bonds is 1. The predicted molar refractivity (Wildman–Crippen MR) is 97.9 cm³/mol. The maximum Gasteiger partial charge on any atom is -0.0172 e. The Bertz CT molecular complexity index is 478. The third-order valence-corrected chi connectivity index (χ3v) is 9.85. The highest BCUT2D eigenvalue weighted by atomic mass is 31.2. The molecule has 1 aromatic rings. The van der Waals surface area contributed by atoms with E-state index in [2.05, 4.69) is 42.8 Å². The standard InChI is InChI=1S/C20H30P/c1-21(17-16-18-12-10-11-15-20(18)21)19-13-8-6-4-2-3-5-7-9-14-19/h10-12,15-17,19H,2-9,13-14H2,1H3. The van der Waals surface area contributed by atoms with Gasteiger partial charge in [-0.25, -0.2) is 0 Å². The first-order valence-electron chi connectivity index (χ1n) is 8.95. The van der Waals surface area contributed by atoms with E-state index >= 15 is 0 Å². The minimum Gasteiger partial charge on any atom is -0.0767 e. The predicted octanol–water partition coefficient (Wildman–Crippen LogP) is 6.23. The highest BCUT2D eigenvalue weighted by molar-refractivity contribution is 7.86. The molecule has 21 heavy (non-hydrogen) atoms. The Kier molecular flexibility index (Phi) is 5.17. The lowest BCUT2D eigenvalue weighted by Gasteiger charge is -2.37. The number of fused-ring (bicyclic) bond motifs is 1. The molecule has 115 valence electrons. The zero-order valence-electron chi connectivity index (χ0n) is 13.6. The lowest BCUT2D eigenvalue weighted by atomic mass is 10.1. The molecule has 1 aliphatic heterocycles. The Labute approximate surface area is 131 Å². The van der Waals surface area contributed by atoms with Crippen LogP contribution in [0, 0.1) is 0 Å². The van der Waals surface area contributed by atoms with Crippen molar-refractivity contribution in [3.8, 4) is 0 Å². The Morgan fingerprint density at radius 3 is 2.05 bits per heavy atom. The fourth-order valence-electron chi connectivity index (χ4n) is 4.20. The van der Waals surface area contributed by atoms with Crippen LogP contribution in [0.4, 0.5) is 0 Å². The van der Waals surface area contributed by atoms with E-state index in [0.717, 1.165) is 5.66 Å². The third kappa shape index (κ3) is 3.42. The summed E-state index contributed by atoms with van der Waals surface area (Å²) in [6.07, 6.45) is 17.0.